The summed E-state index contributed by atoms with van der Waals surface area (Å²) in [6, 6.07) is 0. The number of nitrogens with zero attached hydrogens (tertiary/aromatic N) is 6. The molecule has 3 aromatic rings. The maximum atomic E-state index is 5.90. The van der Waals surface area contributed by atoms with Gasteiger partial charge in [0.2, 0.25) is 5.88 Å². The van der Waals surface area contributed by atoms with Crippen LogP contribution >= 0.6 is 11.6 Å². The third-order valence-corrected chi connectivity index (χ3v) is 3.41. The average molecular weight is 307 g/mol. The standard InChI is InChI=1S/C13H15ClN6O/c1-8-9(6-19(2)18-8)20-10(4-5-14)17-11-12(20)15-7-16-13(11)21-3/h6-7H,4-5H2,1-3H3. The summed E-state index contributed by atoms with van der Waals surface area (Å²) >= 11 is 5.90. The van der Waals surface area contributed by atoms with Crippen molar-refractivity contribution < 1.29 is 4.74 Å². The molecule has 0 aliphatic rings. The highest BCUT2D eigenvalue weighted by Crippen LogP contribution is 2.26. The van der Waals surface area contributed by atoms with Gasteiger partial charge in [-0.05, 0) is 6.92 Å². The maximum absolute atomic E-state index is 5.90. The lowest BCUT2D eigenvalue weighted by Gasteiger charge is -2.06. The summed E-state index contributed by atoms with van der Waals surface area (Å²) in [7, 11) is 3.45. The molecule has 0 saturated heterocycles. The SMILES string of the molecule is COc1ncnc2c1nc(CCCl)n2-c1cn(C)nc1C. The molecule has 0 fully saturated rings. The predicted molar refractivity (Wildman–Crippen MR) is 79.1 cm³/mol. The minimum Gasteiger partial charge on any atom is -0.479 e. The smallest absolute Gasteiger partial charge is 0.245 e. The first-order chi connectivity index (χ1) is 10.2. The second-order valence-corrected chi connectivity index (χ2v) is 5.01. The molecular weight excluding hydrogens is 292 g/mol. The summed E-state index contributed by atoms with van der Waals surface area (Å²) in [5.74, 6) is 1.74. The summed E-state index contributed by atoms with van der Waals surface area (Å²) in [5.41, 5.74) is 3.15. The van der Waals surface area contributed by atoms with Crippen LogP contribution < -0.4 is 4.74 Å². The third kappa shape index (κ3) is 2.23. The van der Waals surface area contributed by atoms with Gasteiger partial charge in [-0.15, -0.1) is 11.6 Å². The Morgan fingerprint density at radius 1 is 1.33 bits per heavy atom. The van der Waals surface area contributed by atoms with Gasteiger partial charge < -0.3 is 4.74 Å². The summed E-state index contributed by atoms with van der Waals surface area (Å²) in [5, 5.41) is 4.38. The fraction of sp³-hybridized carbons (Fsp3) is 0.385. The average Bonchev–Trinajstić information content (AvgIpc) is 2.98. The van der Waals surface area contributed by atoms with Gasteiger partial charge in [0.05, 0.1) is 18.5 Å². The Hall–Kier alpha value is -2.15. The second-order valence-electron chi connectivity index (χ2n) is 4.63. The number of halogens is 1. The van der Waals surface area contributed by atoms with Crippen molar-refractivity contribution in [3.63, 3.8) is 0 Å². The van der Waals surface area contributed by atoms with E-state index < -0.39 is 0 Å². The van der Waals surface area contributed by atoms with Gasteiger partial charge in [-0.3, -0.25) is 9.25 Å². The number of ether oxygens (including phenoxy) is 1. The number of imidazole rings is 1. The van der Waals surface area contributed by atoms with E-state index >= 15 is 0 Å². The first-order valence-corrected chi connectivity index (χ1v) is 7.02. The number of aryl methyl sites for hydroxylation is 3. The Morgan fingerprint density at radius 2 is 2.14 bits per heavy atom. The predicted octanol–water partition coefficient (Wildman–Crippen LogP) is 1.65. The van der Waals surface area contributed by atoms with Crippen molar-refractivity contribution in [2.45, 2.75) is 13.3 Å². The Morgan fingerprint density at radius 3 is 2.76 bits per heavy atom. The number of hydrogen-bond acceptors (Lipinski definition) is 5. The fourth-order valence-electron chi connectivity index (χ4n) is 2.38. The maximum Gasteiger partial charge on any atom is 0.245 e. The highest BCUT2D eigenvalue weighted by molar-refractivity contribution is 6.17. The third-order valence-electron chi connectivity index (χ3n) is 3.22. The molecule has 3 rings (SSSR count). The topological polar surface area (TPSA) is 70.7 Å². The van der Waals surface area contributed by atoms with Crippen LogP contribution in [0.1, 0.15) is 11.5 Å². The zero-order valence-electron chi connectivity index (χ0n) is 12.0. The van der Waals surface area contributed by atoms with E-state index in [0.717, 1.165) is 17.2 Å². The van der Waals surface area contributed by atoms with Gasteiger partial charge in [0.15, 0.2) is 11.2 Å². The molecule has 0 atom stereocenters. The van der Waals surface area contributed by atoms with Crippen molar-refractivity contribution in [3.8, 4) is 11.6 Å². The van der Waals surface area contributed by atoms with E-state index in [1.165, 1.54) is 6.33 Å². The van der Waals surface area contributed by atoms with Crippen molar-refractivity contribution in [3.05, 3.63) is 24.0 Å². The molecule has 110 valence electrons. The quantitative estimate of drug-likeness (QED) is 0.685. The first-order valence-electron chi connectivity index (χ1n) is 6.48. The number of rotatable bonds is 4. The zero-order chi connectivity index (χ0) is 15.0. The number of methoxy groups -OCH3 is 1. The highest BCUT2D eigenvalue weighted by Gasteiger charge is 2.19. The Balaban J connectivity index is 2.33. The van der Waals surface area contributed by atoms with Crippen LogP contribution in [0.4, 0.5) is 0 Å². The van der Waals surface area contributed by atoms with Crippen molar-refractivity contribution in [1.29, 1.82) is 0 Å². The van der Waals surface area contributed by atoms with Crippen LogP contribution in [0.2, 0.25) is 0 Å². The van der Waals surface area contributed by atoms with Crippen molar-refractivity contribution >= 4 is 22.8 Å². The number of hydrogen-bond donors (Lipinski definition) is 0. The summed E-state index contributed by atoms with van der Waals surface area (Å²) in [6.07, 6.45) is 4.02. The van der Waals surface area contributed by atoms with Gasteiger partial charge >= 0.3 is 0 Å². The molecule has 0 unspecified atom stereocenters. The van der Waals surface area contributed by atoms with Gasteiger partial charge in [0.1, 0.15) is 12.2 Å². The van der Waals surface area contributed by atoms with Crippen LogP contribution in [0, 0.1) is 6.92 Å². The van der Waals surface area contributed by atoms with Crippen LogP contribution in [0.5, 0.6) is 5.88 Å². The normalized spacial score (nSPS) is 11.2. The van der Waals surface area contributed by atoms with E-state index in [1.807, 2.05) is 24.7 Å². The minimum absolute atomic E-state index is 0.455. The Kier molecular flexibility index (Phi) is 3.50. The van der Waals surface area contributed by atoms with Crippen LogP contribution in [0.25, 0.3) is 16.9 Å². The molecule has 0 spiro atoms. The Labute approximate surface area is 126 Å². The largest absolute Gasteiger partial charge is 0.479 e. The number of aromatic nitrogens is 6. The van der Waals surface area contributed by atoms with E-state index in [4.69, 9.17) is 16.3 Å². The van der Waals surface area contributed by atoms with Crippen molar-refractivity contribution in [1.82, 2.24) is 29.3 Å². The Bertz CT molecular complexity index is 793. The number of alkyl halides is 1. The van der Waals surface area contributed by atoms with Gasteiger partial charge in [0.25, 0.3) is 0 Å². The number of fused-ring (bicyclic) bond motifs is 1. The van der Waals surface area contributed by atoms with Gasteiger partial charge in [0, 0.05) is 25.5 Å². The molecule has 0 aliphatic carbocycles. The lowest BCUT2D eigenvalue weighted by Crippen LogP contribution is -2.03. The molecule has 21 heavy (non-hydrogen) atoms. The molecule has 3 aromatic heterocycles. The van der Waals surface area contributed by atoms with Crippen molar-refractivity contribution in [2.24, 2.45) is 7.05 Å². The lowest BCUT2D eigenvalue weighted by atomic mass is 10.3. The summed E-state index contributed by atoms with van der Waals surface area (Å²) in [6.45, 7) is 1.95. The second kappa shape index (κ2) is 5.33. The van der Waals surface area contributed by atoms with E-state index in [2.05, 4.69) is 20.1 Å². The van der Waals surface area contributed by atoms with Gasteiger partial charge in [-0.25, -0.2) is 9.97 Å². The zero-order valence-corrected chi connectivity index (χ0v) is 12.8. The molecule has 8 heteroatoms. The first kappa shape index (κ1) is 13.8. The molecule has 7 nitrogen and oxygen atoms in total. The highest BCUT2D eigenvalue weighted by atomic mass is 35.5. The fourth-order valence-corrected chi connectivity index (χ4v) is 2.55. The molecule has 0 aliphatic heterocycles. The summed E-state index contributed by atoms with van der Waals surface area (Å²) < 4.78 is 8.99. The van der Waals surface area contributed by atoms with E-state index in [9.17, 15) is 0 Å². The minimum atomic E-state index is 0.455. The van der Waals surface area contributed by atoms with Gasteiger partial charge in [-0.1, -0.05) is 0 Å². The van der Waals surface area contributed by atoms with Crippen LogP contribution in [-0.4, -0.2) is 42.3 Å². The molecule has 3 heterocycles. The summed E-state index contributed by atoms with van der Waals surface area (Å²) in [4.78, 5) is 13.0. The van der Waals surface area contributed by atoms with Crippen molar-refractivity contribution in [2.75, 3.05) is 13.0 Å². The lowest BCUT2D eigenvalue weighted by molar-refractivity contribution is 0.401. The van der Waals surface area contributed by atoms with Crippen LogP contribution in [0.3, 0.4) is 0 Å². The molecule has 0 radical (unpaired) electrons. The monoisotopic (exact) mass is 306 g/mol. The molecule has 0 saturated carbocycles. The molecule has 0 bridgehead atoms. The van der Waals surface area contributed by atoms with E-state index in [-0.39, 0.29) is 0 Å². The van der Waals surface area contributed by atoms with Crippen LogP contribution in [-0.2, 0) is 13.5 Å². The molecule has 0 aromatic carbocycles. The molecule has 0 amide bonds. The molecular formula is C13H15ClN6O. The molecule has 0 N–H and O–H groups in total. The van der Waals surface area contributed by atoms with E-state index in [0.29, 0.717) is 29.3 Å². The van der Waals surface area contributed by atoms with Crippen LogP contribution in [0.15, 0.2) is 12.5 Å². The van der Waals surface area contributed by atoms with Gasteiger partial charge in [-0.2, -0.15) is 10.1 Å². The van der Waals surface area contributed by atoms with E-state index in [1.54, 1.807) is 11.8 Å².